The van der Waals surface area contributed by atoms with E-state index in [1.165, 1.54) is 0 Å². The summed E-state index contributed by atoms with van der Waals surface area (Å²) in [5.41, 5.74) is 2.69. The van der Waals surface area contributed by atoms with E-state index in [0.717, 1.165) is 15.6 Å². The molecule has 0 aromatic heterocycles. The Labute approximate surface area is 121 Å². The van der Waals surface area contributed by atoms with Gasteiger partial charge in [0, 0.05) is 4.47 Å². The van der Waals surface area contributed by atoms with E-state index in [9.17, 15) is 8.42 Å². The van der Waals surface area contributed by atoms with Crippen molar-refractivity contribution < 1.29 is 8.42 Å². The van der Waals surface area contributed by atoms with Crippen LogP contribution in [-0.2, 0) is 10.0 Å². The van der Waals surface area contributed by atoms with Crippen molar-refractivity contribution in [1.82, 2.24) is 0 Å². The van der Waals surface area contributed by atoms with E-state index in [2.05, 4.69) is 20.7 Å². The molecule has 0 atom stereocenters. The number of rotatable bonds is 3. The summed E-state index contributed by atoms with van der Waals surface area (Å²) in [5.74, 6) is 0. The van der Waals surface area contributed by atoms with Crippen LogP contribution in [0.25, 0.3) is 0 Å². The first-order valence-electron chi connectivity index (χ1n) is 5.75. The molecule has 0 heterocycles. The van der Waals surface area contributed by atoms with E-state index in [1.807, 2.05) is 26.0 Å². The molecule has 2 aromatic carbocycles. The third-order valence-electron chi connectivity index (χ3n) is 2.88. The van der Waals surface area contributed by atoms with Gasteiger partial charge in [-0.15, -0.1) is 0 Å². The van der Waals surface area contributed by atoms with Crippen LogP contribution in [0.4, 0.5) is 5.69 Å². The molecule has 5 heteroatoms. The van der Waals surface area contributed by atoms with Gasteiger partial charge in [0.2, 0.25) is 0 Å². The number of benzene rings is 2. The van der Waals surface area contributed by atoms with Crippen molar-refractivity contribution in [2.45, 2.75) is 18.7 Å². The van der Waals surface area contributed by atoms with E-state index < -0.39 is 10.0 Å². The normalized spacial score (nSPS) is 11.3. The molecule has 0 aliphatic heterocycles. The molecule has 0 radical (unpaired) electrons. The maximum atomic E-state index is 12.2. The van der Waals surface area contributed by atoms with Crippen molar-refractivity contribution in [3.8, 4) is 0 Å². The van der Waals surface area contributed by atoms with E-state index >= 15 is 0 Å². The van der Waals surface area contributed by atoms with Crippen LogP contribution in [0, 0.1) is 13.8 Å². The number of sulfonamides is 1. The van der Waals surface area contributed by atoms with Gasteiger partial charge in [0.05, 0.1) is 10.6 Å². The summed E-state index contributed by atoms with van der Waals surface area (Å²) < 4.78 is 27.8. The highest BCUT2D eigenvalue weighted by atomic mass is 79.9. The zero-order valence-corrected chi connectivity index (χ0v) is 13.0. The standard InChI is InChI=1S/C14H14BrNO2S/c1-10-8-13(15)14(9-11(10)2)16-19(17,18)12-6-4-3-5-7-12/h3-9,16H,1-2H3. The summed E-state index contributed by atoms with van der Waals surface area (Å²) in [6.07, 6.45) is 0. The maximum Gasteiger partial charge on any atom is 0.261 e. The van der Waals surface area contributed by atoms with Crippen LogP contribution in [0.2, 0.25) is 0 Å². The minimum atomic E-state index is -3.55. The third kappa shape index (κ3) is 3.16. The van der Waals surface area contributed by atoms with Crippen LogP contribution in [-0.4, -0.2) is 8.42 Å². The smallest absolute Gasteiger partial charge is 0.261 e. The highest BCUT2D eigenvalue weighted by Gasteiger charge is 2.15. The highest BCUT2D eigenvalue weighted by molar-refractivity contribution is 9.10. The van der Waals surface area contributed by atoms with Crippen LogP contribution >= 0.6 is 15.9 Å². The predicted octanol–water partition coefficient (Wildman–Crippen LogP) is 3.87. The summed E-state index contributed by atoms with van der Waals surface area (Å²) >= 11 is 3.38. The first-order chi connectivity index (χ1) is 8.90. The van der Waals surface area contributed by atoms with Crippen LogP contribution in [0.1, 0.15) is 11.1 Å². The molecular formula is C14H14BrNO2S. The van der Waals surface area contributed by atoms with Gasteiger partial charge in [-0.25, -0.2) is 8.42 Å². The van der Waals surface area contributed by atoms with Gasteiger partial charge in [-0.3, -0.25) is 4.72 Å². The zero-order chi connectivity index (χ0) is 14.0. The van der Waals surface area contributed by atoms with Gasteiger partial charge in [0.1, 0.15) is 0 Å². The van der Waals surface area contributed by atoms with Crippen LogP contribution in [0.5, 0.6) is 0 Å². The number of anilines is 1. The number of hydrogen-bond donors (Lipinski definition) is 1. The highest BCUT2D eigenvalue weighted by Crippen LogP contribution is 2.28. The molecule has 0 saturated carbocycles. The van der Waals surface area contributed by atoms with E-state index in [4.69, 9.17) is 0 Å². The van der Waals surface area contributed by atoms with Crippen LogP contribution < -0.4 is 4.72 Å². The maximum absolute atomic E-state index is 12.2. The summed E-state index contributed by atoms with van der Waals surface area (Å²) in [5, 5.41) is 0. The van der Waals surface area contributed by atoms with Crippen molar-refractivity contribution in [3.63, 3.8) is 0 Å². The second kappa shape index (κ2) is 5.35. The number of nitrogens with one attached hydrogen (secondary N) is 1. The molecule has 3 nitrogen and oxygen atoms in total. The summed E-state index contributed by atoms with van der Waals surface area (Å²) in [6.45, 7) is 3.93. The molecule has 0 aliphatic carbocycles. The Morgan fingerprint density at radius 2 is 1.58 bits per heavy atom. The van der Waals surface area contributed by atoms with Gasteiger partial charge in [0.15, 0.2) is 0 Å². The molecule has 0 saturated heterocycles. The summed E-state index contributed by atoms with van der Waals surface area (Å²) in [7, 11) is -3.55. The second-order valence-corrected chi connectivity index (χ2v) is 6.87. The molecule has 0 amide bonds. The molecule has 0 bridgehead atoms. The molecule has 1 N–H and O–H groups in total. The van der Waals surface area contributed by atoms with Gasteiger partial charge >= 0.3 is 0 Å². The first kappa shape index (κ1) is 14.1. The molecule has 0 fully saturated rings. The zero-order valence-electron chi connectivity index (χ0n) is 10.6. The summed E-state index contributed by atoms with van der Waals surface area (Å²) in [4.78, 5) is 0.250. The van der Waals surface area contributed by atoms with Crippen molar-refractivity contribution >= 4 is 31.6 Å². The average molecular weight is 340 g/mol. The van der Waals surface area contributed by atoms with Crippen LogP contribution in [0.3, 0.4) is 0 Å². The Balaban J connectivity index is 2.39. The molecule has 0 aliphatic rings. The molecule has 0 spiro atoms. The van der Waals surface area contributed by atoms with E-state index in [0.29, 0.717) is 5.69 Å². The SMILES string of the molecule is Cc1cc(Br)c(NS(=O)(=O)c2ccccc2)cc1C. The molecule has 100 valence electrons. The van der Waals surface area contributed by atoms with Crippen molar-refractivity contribution in [2.24, 2.45) is 0 Å². The van der Waals surface area contributed by atoms with Crippen molar-refractivity contribution in [3.05, 3.63) is 58.1 Å². The molecule has 19 heavy (non-hydrogen) atoms. The molecule has 2 rings (SSSR count). The molecule has 2 aromatic rings. The fourth-order valence-electron chi connectivity index (χ4n) is 1.66. The lowest BCUT2D eigenvalue weighted by Crippen LogP contribution is -2.13. The minimum Gasteiger partial charge on any atom is -0.278 e. The van der Waals surface area contributed by atoms with Gasteiger partial charge in [-0.1, -0.05) is 18.2 Å². The van der Waals surface area contributed by atoms with Gasteiger partial charge in [-0.05, 0) is 65.2 Å². The Bertz CT molecular complexity index is 697. The molecular weight excluding hydrogens is 326 g/mol. The van der Waals surface area contributed by atoms with Crippen LogP contribution in [0.15, 0.2) is 51.8 Å². The lowest BCUT2D eigenvalue weighted by atomic mass is 10.1. The Morgan fingerprint density at radius 1 is 1.00 bits per heavy atom. The predicted molar refractivity (Wildman–Crippen MR) is 80.9 cm³/mol. The quantitative estimate of drug-likeness (QED) is 0.922. The van der Waals surface area contributed by atoms with Gasteiger partial charge < -0.3 is 0 Å². The number of aryl methyl sites for hydroxylation is 2. The largest absolute Gasteiger partial charge is 0.278 e. The average Bonchev–Trinajstić information content (AvgIpc) is 2.37. The van der Waals surface area contributed by atoms with Gasteiger partial charge in [-0.2, -0.15) is 0 Å². The first-order valence-corrected chi connectivity index (χ1v) is 8.02. The Hall–Kier alpha value is -1.33. The Kier molecular flexibility index (Phi) is 3.96. The minimum absolute atomic E-state index is 0.250. The van der Waals surface area contributed by atoms with Crippen molar-refractivity contribution in [2.75, 3.05) is 4.72 Å². The lowest BCUT2D eigenvalue weighted by molar-refractivity contribution is 0.601. The second-order valence-electron chi connectivity index (χ2n) is 4.33. The Morgan fingerprint density at radius 3 is 2.21 bits per heavy atom. The lowest BCUT2D eigenvalue weighted by Gasteiger charge is -2.12. The van der Waals surface area contributed by atoms with Gasteiger partial charge in [0.25, 0.3) is 10.0 Å². The fourth-order valence-corrected chi connectivity index (χ4v) is 3.44. The molecule has 0 unspecified atom stereocenters. The van der Waals surface area contributed by atoms with E-state index in [-0.39, 0.29) is 4.90 Å². The summed E-state index contributed by atoms with van der Waals surface area (Å²) in [6, 6.07) is 12.0. The van der Waals surface area contributed by atoms with E-state index in [1.54, 1.807) is 30.3 Å². The topological polar surface area (TPSA) is 46.2 Å². The number of hydrogen-bond acceptors (Lipinski definition) is 2. The monoisotopic (exact) mass is 339 g/mol. The number of halogens is 1. The third-order valence-corrected chi connectivity index (χ3v) is 4.92. The fraction of sp³-hybridized carbons (Fsp3) is 0.143. The van der Waals surface area contributed by atoms with Crippen molar-refractivity contribution in [1.29, 1.82) is 0 Å².